The van der Waals surface area contributed by atoms with Crippen molar-refractivity contribution in [3.63, 3.8) is 0 Å². The summed E-state index contributed by atoms with van der Waals surface area (Å²) in [5.74, 6) is 0. The van der Waals surface area contributed by atoms with Crippen molar-refractivity contribution in [1.29, 1.82) is 0 Å². The predicted molar refractivity (Wildman–Crippen MR) is 77.8 cm³/mol. The molecule has 1 aliphatic heterocycles. The van der Waals surface area contributed by atoms with E-state index >= 15 is 0 Å². The Labute approximate surface area is 122 Å². The van der Waals surface area contributed by atoms with E-state index in [-0.39, 0.29) is 5.60 Å². The van der Waals surface area contributed by atoms with E-state index in [1.165, 1.54) is 0 Å². The number of benzene rings is 1. The summed E-state index contributed by atoms with van der Waals surface area (Å²) in [4.78, 5) is 9.60. The van der Waals surface area contributed by atoms with E-state index in [0.29, 0.717) is 19.6 Å². The first kappa shape index (κ1) is 16.1. The minimum absolute atomic E-state index is 0.318. The van der Waals surface area contributed by atoms with E-state index in [1.807, 2.05) is 45.0 Å². The van der Waals surface area contributed by atoms with Gasteiger partial charge in [-0.1, -0.05) is 28.1 Å². The van der Waals surface area contributed by atoms with Gasteiger partial charge in [-0.05, 0) is 38.5 Å². The minimum atomic E-state index is -0.624. The smallest absolute Gasteiger partial charge is 0.293 e. The molecule has 1 saturated heterocycles. The molecule has 1 aliphatic rings. The van der Waals surface area contributed by atoms with Crippen LogP contribution in [0.3, 0.4) is 0 Å². The zero-order valence-electron chi connectivity index (χ0n) is 11.4. The van der Waals surface area contributed by atoms with Gasteiger partial charge in [-0.2, -0.15) is 0 Å². The Morgan fingerprint density at radius 3 is 2.11 bits per heavy atom. The molecule has 2 N–H and O–H groups in total. The van der Waals surface area contributed by atoms with E-state index in [4.69, 9.17) is 0 Å². The third-order valence-electron chi connectivity index (χ3n) is 2.62. The van der Waals surface area contributed by atoms with E-state index in [0.717, 1.165) is 10.0 Å². The summed E-state index contributed by atoms with van der Waals surface area (Å²) in [6, 6.07) is 7.80. The Hall–Kier alpha value is -0.910. The fourth-order valence-corrected chi connectivity index (χ4v) is 1.73. The van der Waals surface area contributed by atoms with Gasteiger partial charge in [-0.15, -0.1) is 0 Å². The van der Waals surface area contributed by atoms with E-state index in [2.05, 4.69) is 26.0 Å². The van der Waals surface area contributed by atoms with Crippen LogP contribution in [0.15, 0.2) is 28.7 Å². The molecular formula is C14H20BrNO3. The fraction of sp³-hybridized carbons (Fsp3) is 0.500. The summed E-state index contributed by atoms with van der Waals surface area (Å²) >= 11 is 3.35. The van der Waals surface area contributed by atoms with E-state index in [1.54, 1.807) is 0 Å². The molecule has 5 heteroatoms. The maximum atomic E-state index is 9.89. The van der Waals surface area contributed by atoms with Gasteiger partial charge >= 0.3 is 0 Å². The molecule has 0 aliphatic carbocycles. The highest BCUT2D eigenvalue weighted by molar-refractivity contribution is 9.10. The lowest BCUT2D eigenvalue weighted by atomic mass is 9.88. The molecule has 1 aromatic rings. The van der Waals surface area contributed by atoms with Crippen molar-refractivity contribution >= 4 is 22.4 Å². The van der Waals surface area contributed by atoms with Crippen LogP contribution >= 0.6 is 15.9 Å². The largest absolute Gasteiger partial charge is 0.462 e. The van der Waals surface area contributed by atoms with Gasteiger partial charge in [0.2, 0.25) is 0 Å². The Morgan fingerprint density at radius 2 is 1.84 bits per heavy atom. The van der Waals surface area contributed by atoms with Gasteiger partial charge in [-0.3, -0.25) is 4.79 Å². The number of carbonyl (C=O) groups excluding carboxylic acids is 1. The van der Waals surface area contributed by atoms with Gasteiger partial charge < -0.3 is 15.2 Å². The van der Waals surface area contributed by atoms with Crippen LogP contribution < -0.4 is 5.32 Å². The van der Waals surface area contributed by atoms with Gasteiger partial charge in [0, 0.05) is 17.6 Å². The zero-order chi connectivity index (χ0) is 14.5. The van der Waals surface area contributed by atoms with Crippen LogP contribution in [-0.2, 0) is 15.1 Å². The minimum Gasteiger partial charge on any atom is -0.462 e. The van der Waals surface area contributed by atoms with Crippen LogP contribution in [0.2, 0.25) is 0 Å². The first-order chi connectivity index (χ1) is 8.77. The summed E-state index contributed by atoms with van der Waals surface area (Å²) in [6.45, 7) is 7.24. The summed E-state index contributed by atoms with van der Waals surface area (Å²) in [7, 11) is 0. The van der Waals surface area contributed by atoms with Crippen LogP contribution in [-0.4, -0.2) is 30.3 Å². The normalized spacial score (nSPS) is 16.7. The van der Waals surface area contributed by atoms with E-state index in [9.17, 15) is 9.90 Å². The van der Waals surface area contributed by atoms with Crippen molar-refractivity contribution in [1.82, 2.24) is 5.32 Å². The maximum absolute atomic E-state index is 9.89. The molecule has 0 saturated carbocycles. The second kappa shape index (κ2) is 6.50. The highest BCUT2D eigenvalue weighted by atomic mass is 79.9. The van der Waals surface area contributed by atoms with Gasteiger partial charge in [0.15, 0.2) is 0 Å². The number of carbonyl (C=O) groups is 1. The van der Waals surface area contributed by atoms with Gasteiger partial charge in [0.1, 0.15) is 11.2 Å². The molecule has 0 aromatic heterocycles. The molecule has 0 unspecified atom stereocenters. The van der Waals surface area contributed by atoms with Crippen LogP contribution in [0.1, 0.15) is 26.3 Å². The number of halogens is 1. The molecule has 0 radical (unpaired) electrons. The molecule has 106 valence electrons. The molecule has 0 amide bonds. The van der Waals surface area contributed by atoms with Gasteiger partial charge in [-0.25, -0.2) is 0 Å². The van der Waals surface area contributed by atoms with Crippen molar-refractivity contribution in [3.05, 3.63) is 34.3 Å². The zero-order valence-corrected chi connectivity index (χ0v) is 13.0. The molecule has 0 bridgehead atoms. The number of hydrogen-bond donors (Lipinski definition) is 2. The molecule has 19 heavy (non-hydrogen) atoms. The molecule has 4 nitrogen and oxygen atoms in total. The summed E-state index contributed by atoms with van der Waals surface area (Å²) in [6.07, 6.45) is 0. The SMILES string of the molecule is CC(C)(C)OC=O.OC1(c2ccc(Br)cc2)CNC1. The van der Waals surface area contributed by atoms with Crippen LogP contribution in [0.4, 0.5) is 0 Å². The first-order valence-electron chi connectivity index (χ1n) is 6.07. The monoisotopic (exact) mass is 329 g/mol. The standard InChI is InChI=1S/C9H10BrNO.C5H10O2/c10-8-3-1-7(2-4-8)9(12)5-11-6-9;1-5(2,3)7-4-6/h1-4,11-12H,5-6H2;4H,1-3H3. The third-order valence-corrected chi connectivity index (χ3v) is 3.15. The molecule has 0 spiro atoms. The number of ether oxygens (including phenoxy) is 1. The molecule has 1 heterocycles. The van der Waals surface area contributed by atoms with Crippen molar-refractivity contribution in [3.8, 4) is 0 Å². The average molecular weight is 330 g/mol. The fourth-order valence-electron chi connectivity index (χ4n) is 1.47. The van der Waals surface area contributed by atoms with Crippen molar-refractivity contribution < 1.29 is 14.6 Å². The lowest BCUT2D eigenvalue weighted by Crippen LogP contribution is -2.56. The molecular weight excluding hydrogens is 310 g/mol. The third kappa shape index (κ3) is 5.30. The first-order valence-corrected chi connectivity index (χ1v) is 6.87. The number of rotatable bonds is 2. The lowest BCUT2D eigenvalue weighted by molar-refractivity contribution is -0.138. The Kier molecular flexibility index (Phi) is 5.52. The van der Waals surface area contributed by atoms with Gasteiger partial charge in [0.25, 0.3) is 6.47 Å². The number of aliphatic hydroxyl groups is 1. The van der Waals surface area contributed by atoms with Gasteiger partial charge in [0.05, 0.1) is 0 Å². The molecule has 2 rings (SSSR count). The Morgan fingerprint density at radius 1 is 1.32 bits per heavy atom. The second-order valence-corrected chi connectivity index (χ2v) is 6.38. The number of nitrogens with one attached hydrogen (secondary N) is 1. The summed E-state index contributed by atoms with van der Waals surface area (Å²) in [5, 5.41) is 12.9. The number of hydrogen-bond acceptors (Lipinski definition) is 4. The van der Waals surface area contributed by atoms with Crippen molar-refractivity contribution in [2.24, 2.45) is 0 Å². The molecule has 1 aromatic carbocycles. The van der Waals surface area contributed by atoms with Crippen LogP contribution in [0.5, 0.6) is 0 Å². The Bertz CT molecular complexity index is 408. The average Bonchev–Trinajstić information content (AvgIpc) is 2.26. The maximum Gasteiger partial charge on any atom is 0.293 e. The predicted octanol–water partition coefficient (Wildman–Crippen LogP) is 2.20. The highest BCUT2D eigenvalue weighted by Crippen LogP contribution is 2.26. The van der Waals surface area contributed by atoms with E-state index < -0.39 is 5.60 Å². The van der Waals surface area contributed by atoms with Crippen molar-refractivity contribution in [2.45, 2.75) is 32.0 Å². The van der Waals surface area contributed by atoms with Crippen LogP contribution in [0.25, 0.3) is 0 Å². The Balaban J connectivity index is 0.000000224. The highest BCUT2D eigenvalue weighted by Gasteiger charge is 2.35. The molecule has 0 atom stereocenters. The summed E-state index contributed by atoms with van der Waals surface area (Å²) < 4.78 is 5.59. The quantitative estimate of drug-likeness (QED) is 0.817. The van der Waals surface area contributed by atoms with Crippen molar-refractivity contribution in [2.75, 3.05) is 13.1 Å². The van der Waals surface area contributed by atoms with Crippen LogP contribution in [0, 0.1) is 0 Å². The second-order valence-electron chi connectivity index (χ2n) is 5.47. The lowest BCUT2D eigenvalue weighted by Gasteiger charge is -2.38. The summed E-state index contributed by atoms with van der Waals surface area (Å²) in [5.41, 5.74) is 0.0482. The topological polar surface area (TPSA) is 58.6 Å². The number of β-amino-alcohol motifs (C(OH)–C–C–N with tert-alkyl or cyclic N) is 1. The molecule has 1 fully saturated rings.